The summed E-state index contributed by atoms with van der Waals surface area (Å²) in [5, 5.41) is 0. The number of benzene rings is 2. The van der Waals surface area contributed by atoms with Crippen LogP contribution in [0.5, 0.6) is 34.5 Å². The summed E-state index contributed by atoms with van der Waals surface area (Å²) in [6.07, 6.45) is 0. The predicted molar refractivity (Wildman–Crippen MR) is 99.9 cm³/mol. The van der Waals surface area contributed by atoms with Crippen LogP contribution in [0.3, 0.4) is 0 Å². The normalized spacial score (nSPS) is 13.1. The molecule has 0 aromatic heterocycles. The summed E-state index contributed by atoms with van der Waals surface area (Å²) in [6, 6.07) is 2.90. The Kier molecular flexibility index (Phi) is 4.90. The number of esters is 2. The highest BCUT2D eigenvalue weighted by atomic mass is 16.7. The van der Waals surface area contributed by atoms with E-state index in [1.807, 2.05) is 0 Å². The Morgan fingerprint density at radius 3 is 1.97 bits per heavy atom. The highest BCUT2D eigenvalue weighted by Gasteiger charge is 2.37. The lowest BCUT2D eigenvalue weighted by atomic mass is 9.91. The third kappa shape index (κ3) is 2.79. The maximum absolute atomic E-state index is 12.7. The van der Waals surface area contributed by atoms with E-state index in [4.69, 9.17) is 37.9 Å². The molecule has 2 aliphatic rings. The van der Waals surface area contributed by atoms with E-state index >= 15 is 0 Å². The minimum Gasteiger partial charge on any atom is -0.493 e. The Balaban J connectivity index is 2.14. The first-order chi connectivity index (χ1) is 14.5. The number of hydrogen-bond donors (Lipinski definition) is 0. The molecule has 0 fully saturated rings. The van der Waals surface area contributed by atoms with Crippen LogP contribution < -0.4 is 28.4 Å². The fraction of sp³-hybridized carbons (Fsp3) is 0.300. The van der Waals surface area contributed by atoms with Gasteiger partial charge >= 0.3 is 11.9 Å². The molecule has 30 heavy (non-hydrogen) atoms. The van der Waals surface area contributed by atoms with Crippen LogP contribution in [0.1, 0.15) is 20.7 Å². The molecule has 10 nitrogen and oxygen atoms in total. The van der Waals surface area contributed by atoms with Crippen LogP contribution in [-0.2, 0) is 9.47 Å². The summed E-state index contributed by atoms with van der Waals surface area (Å²) < 4.78 is 42.9. The fourth-order valence-electron chi connectivity index (χ4n) is 3.44. The van der Waals surface area contributed by atoms with E-state index in [0.717, 1.165) is 0 Å². The van der Waals surface area contributed by atoms with Gasteiger partial charge in [0.25, 0.3) is 0 Å². The van der Waals surface area contributed by atoms with Crippen LogP contribution >= 0.6 is 0 Å². The molecule has 0 spiro atoms. The van der Waals surface area contributed by atoms with Crippen molar-refractivity contribution in [1.29, 1.82) is 0 Å². The van der Waals surface area contributed by atoms with E-state index in [0.29, 0.717) is 5.75 Å². The van der Waals surface area contributed by atoms with E-state index in [2.05, 4.69) is 0 Å². The third-order valence-electron chi connectivity index (χ3n) is 4.71. The van der Waals surface area contributed by atoms with Crippen molar-refractivity contribution in [2.45, 2.75) is 0 Å². The summed E-state index contributed by atoms with van der Waals surface area (Å²) in [5.41, 5.74) is 0.566. The van der Waals surface area contributed by atoms with E-state index < -0.39 is 11.9 Å². The maximum atomic E-state index is 12.7. The highest BCUT2D eigenvalue weighted by molar-refractivity contribution is 6.08. The van der Waals surface area contributed by atoms with Gasteiger partial charge in [-0.1, -0.05) is 0 Å². The molecular formula is C20H18O10. The summed E-state index contributed by atoms with van der Waals surface area (Å²) in [6.45, 7) is -0.163. The molecule has 2 aromatic rings. The molecular weight excluding hydrogens is 400 g/mol. The van der Waals surface area contributed by atoms with E-state index in [1.165, 1.54) is 40.6 Å². The standard InChI is InChI=1S/C20H18O10/c1-23-11-5-9(19(21)25-3)14(18-15(11)29-8-30-18)13-10(20(22)26-4)6-12-16(17(13)24-2)28-7-27-12/h5-6H,7-8H2,1-4H3. The molecule has 0 amide bonds. The SMILES string of the molecule is COC(=O)c1cc2c(c(OC)c1-c1c(C(=O)OC)cc(OC)c3c1OCO3)OCO2. The second-order valence-electron chi connectivity index (χ2n) is 6.12. The van der Waals surface area contributed by atoms with Crippen LogP contribution in [0.4, 0.5) is 0 Å². The van der Waals surface area contributed by atoms with Crippen LogP contribution in [0.25, 0.3) is 11.1 Å². The summed E-state index contributed by atoms with van der Waals surface area (Å²) in [4.78, 5) is 25.3. The summed E-state index contributed by atoms with van der Waals surface area (Å²) in [5.74, 6) is 0.118. The van der Waals surface area contributed by atoms with Crippen molar-refractivity contribution in [3.63, 3.8) is 0 Å². The molecule has 10 heteroatoms. The second-order valence-corrected chi connectivity index (χ2v) is 6.12. The van der Waals surface area contributed by atoms with Crippen molar-refractivity contribution < 1.29 is 47.5 Å². The van der Waals surface area contributed by atoms with Crippen molar-refractivity contribution in [2.24, 2.45) is 0 Å². The molecule has 0 N–H and O–H groups in total. The van der Waals surface area contributed by atoms with Crippen molar-refractivity contribution in [3.05, 3.63) is 23.3 Å². The zero-order chi connectivity index (χ0) is 21.4. The number of ether oxygens (including phenoxy) is 8. The Hall–Kier alpha value is -3.82. The minimum absolute atomic E-state index is 0.0556. The number of rotatable bonds is 5. The zero-order valence-corrected chi connectivity index (χ0v) is 16.7. The number of methoxy groups -OCH3 is 4. The van der Waals surface area contributed by atoms with Gasteiger partial charge in [0.2, 0.25) is 25.1 Å². The molecule has 4 rings (SSSR count). The quantitative estimate of drug-likeness (QED) is 0.672. The molecule has 0 atom stereocenters. The largest absolute Gasteiger partial charge is 0.493 e. The molecule has 2 heterocycles. The van der Waals surface area contributed by atoms with Crippen molar-refractivity contribution in [3.8, 4) is 45.6 Å². The van der Waals surface area contributed by atoms with Crippen molar-refractivity contribution in [2.75, 3.05) is 42.0 Å². The number of carbonyl (C=O) groups excluding carboxylic acids is 2. The lowest BCUT2D eigenvalue weighted by molar-refractivity contribution is 0.0589. The summed E-state index contributed by atoms with van der Waals surface area (Å²) in [7, 11) is 5.31. The van der Waals surface area contributed by atoms with Gasteiger partial charge in [0.1, 0.15) is 0 Å². The van der Waals surface area contributed by atoms with Gasteiger partial charge in [-0.05, 0) is 12.1 Å². The molecule has 158 valence electrons. The van der Waals surface area contributed by atoms with Crippen LogP contribution in [0.2, 0.25) is 0 Å². The first-order valence-electron chi connectivity index (χ1n) is 8.73. The number of fused-ring (bicyclic) bond motifs is 2. The maximum Gasteiger partial charge on any atom is 0.338 e. The van der Waals surface area contributed by atoms with Gasteiger partial charge in [0.15, 0.2) is 23.0 Å². The lowest BCUT2D eigenvalue weighted by Crippen LogP contribution is -2.10. The lowest BCUT2D eigenvalue weighted by Gasteiger charge is -2.19. The van der Waals surface area contributed by atoms with Gasteiger partial charge in [-0.15, -0.1) is 0 Å². The van der Waals surface area contributed by atoms with Gasteiger partial charge < -0.3 is 37.9 Å². The Morgan fingerprint density at radius 2 is 1.33 bits per heavy atom. The van der Waals surface area contributed by atoms with Gasteiger partial charge in [-0.2, -0.15) is 0 Å². The average Bonchev–Trinajstić information content (AvgIpc) is 3.45. The number of carbonyl (C=O) groups is 2. The molecule has 0 bridgehead atoms. The molecule has 2 aromatic carbocycles. The van der Waals surface area contributed by atoms with Crippen molar-refractivity contribution in [1.82, 2.24) is 0 Å². The average molecular weight is 418 g/mol. The van der Waals surface area contributed by atoms with Crippen LogP contribution in [0, 0.1) is 0 Å². The molecule has 0 radical (unpaired) electrons. The van der Waals surface area contributed by atoms with Gasteiger partial charge in [-0.3, -0.25) is 0 Å². The monoisotopic (exact) mass is 418 g/mol. The van der Waals surface area contributed by atoms with Gasteiger partial charge in [-0.25, -0.2) is 9.59 Å². The molecule has 0 saturated carbocycles. The van der Waals surface area contributed by atoms with Crippen molar-refractivity contribution >= 4 is 11.9 Å². The Labute approximate surface area is 171 Å². The van der Waals surface area contributed by atoms with Gasteiger partial charge in [0.05, 0.1) is 39.6 Å². The minimum atomic E-state index is -0.683. The van der Waals surface area contributed by atoms with E-state index in [-0.39, 0.29) is 64.6 Å². The van der Waals surface area contributed by atoms with E-state index in [9.17, 15) is 9.59 Å². The van der Waals surface area contributed by atoms with Crippen LogP contribution in [-0.4, -0.2) is 54.0 Å². The zero-order valence-electron chi connectivity index (χ0n) is 16.7. The molecule has 0 aliphatic carbocycles. The van der Waals surface area contributed by atoms with E-state index in [1.54, 1.807) is 0 Å². The smallest absolute Gasteiger partial charge is 0.338 e. The predicted octanol–water partition coefficient (Wildman–Crippen LogP) is 2.40. The number of hydrogen-bond acceptors (Lipinski definition) is 10. The van der Waals surface area contributed by atoms with Crippen LogP contribution in [0.15, 0.2) is 12.1 Å². The first kappa shape index (κ1) is 19.5. The molecule has 0 saturated heterocycles. The molecule has 2 aliphatic heterocycles. The third-order valence-corrected chi connectivity index (χ3v) is 4.71. The fourth-order valence-corrected chi connectivity index (χ4v) is 3.44. The topological polar surface area (TPSA) is 108 Å². The second kappa shape index (κ2) is 7.54. The first-order valence-corrected chi connectivity index (χ1v) is 8.73. The van der Waals surface area contributed by atoms with Gasteiger partial charge in [0, 0.05) is 11.1 Å². The summed E-state index contributed by atoms with van der Waals surface area (Å²) >= 11 is 0. The Bertz CT molecular complexity index is 1040. The molecule has 0 unspecified atom stereocenters. The highest BCUT2D eigenvalue weighted by Crippen LogP contribution is 2.56. The Morgan fingerprint density at radius 1 is 0.733 bits per heavy atom.